The van der Waals surface area contributed by atoms with Gasteiger partial charge in [-0.1, -0.05) is 36.7 Å². The minimum Gasteiger partial charge on any atom is -0.497 e. The number of carbonyl (C=O) groups excluding carboxylic acids is 2. The van der Waals surface area contributed by atoms with Gasteiger partial charge in [0.15, 0.2) is 0 Å². The molecule has 3 aromatic heterocycles. The van der Waals surface area contributed by atoms with Gasteiger partial charge in [0.2, 0.25) is 11.8 Å². The lowest BCUT2D eigenvalue weighted by Crippen LogP contribution is -2.39. The number of ether oxygens (including phenoxy) is 3. The van der Waals surface area contributed by atoms with E-state index < -0.39 is 11.7 Å². The number of halogens is 1. The van der Waals surface area contributed by atoms with Gasteiger partial charge >= 0.3 is 6.09 Å². The number of benzene rings is 1. The summed E-state index contributed by atoms with van der Waals surface area (Å²) in [7, 11) is 3.18. The van der Waals surface area contributed by atoms with Gasteiger partial charge < -0.3 is 29.4 Å². The molecule has 0 unspecified atom stereocenters. The highest BCUT2D eigenvalue weighted by molar-refractivity contribution is 6.37. The summed E-state index contributed by atoms with van der Waals surface area (Å²) in [5.41, 5.74) is 4.51. The van der Waals surface area contributed by atoms with E-state index in [1.807, 2.05) is 42.5 Å². The maximum absolute atomic E-state index is 12.8. The van der Waals surface area contributed by atoms with Crippen LogP contribution in [0.25, 0.3) is 22.2 Å². The van der Waals surface area contributed by atoms with Crippen LogP contribution in [0.2, 0.25) is 5.02 Å². The number of nitrogens with zero attached hydrogens (tertiary/aromatic N) is 3. The van der Waals surface area contributed by atoms with Crippen LogP contribution in [-0.2, 0) is 9.53 Å². The Balaban J connectivity index is 1.62. The minimum absolute atomic E-state index is 0.158. The highest BCUT2D eigenvalue weighted by atomic mass is 35.5. The first kappa shape index (κ1) is 34.1. The van der Waals surface area contributed by atoms with E-state index in [2.05, 4.69) is 27.2 Å². The van der Waals surface area contributed by atoms with E-state index in [4.69, 9.17) is 25.8 Å². The summed E-state index contributed by atoms with van der Waals surface area (Å²) in [6, 6.07) is 15.4. The molecule has 11 heteroatoms. The van der Waals surface area contributed by atoms with E-state index in [1.165, 1.54) is 18.0 Å². The molecular weight excluding hydrogens is 606 g/mol. The molecule has 0 saturated heterocycles. The van der Waals surface area contributed by atoms with Gasteiger partial charge in [0, 0.05) is 54.7 Å². The van der Waals surface area contributed by atoms with E-state index in [0.717, 1.165) is 39.1 Å². The van der Waals surface area contributed by atoms with Crippen molar-refractivity contribution >= 4 is 45.8 Å². The lowest BCUT2D eigenvalue weighted by atomic mass is 9.91. The number of aromatic amines is 1. The number of pyridine rings is 2. The number of nitrogens with one attached hydrogen (secondary N) is 2. The van der Waals surface area contributed by atoms with E-state index in [-0.39, 0.29) is 25.6 Å². The zero-order valence-electron chi connectivity index (χ0n) is 27.0. The van der Waals surface area contributed by atoms with E-state index in [1.54, 1.807) is 52.4 Å². The monoisotopic (exact) mass is 645 g/mol. The van der Waals surface area contributed by atoms with Gasteiger partial charge in [0.25, 0.3) is 0 Å². The number of rotatable bonds is 12. The SMILES string of the molecule is CC/C(=C(/c1ccc(OCCN(C/C=C/C(=O)NC)C(=O)OC(C)(C)C)nc1)c1[nH]c2ncccc2c1Cl)c1cccc(OC)c1. The summed E-state index contributed by atoms with van der Waals surface area (Å²) >= 11 is 6.96. The molecule has 2 amide bonds. The normalized spacial score (nSPS) is 12.2. The molecule has 242 valence electrons. The summed E-state index contributed by atoms with van der Waals surface area (Å²) in [4.78, 5) is 38.4. The Morgan fingerprint density at radius 1 is 1.09 bits per heavy atom. The largest absolute Gasteiger partial charge is 0.497 e. The number of fused-ring (bicyclic) bond motifs is 1. The van der Waals surface area contributed by atoms with Gasteiger partial charge in [0.1, 0.15) is 23.6 Å². The van der Waals surface area contributed by atoms with Gasteiger partial charge in [-0.3, -0.25) is 4.79 Å². The molecule has 0 atom stereocenters. The van der Waals surface area contributed by atoms with Crippen molar-refractivity contribution in [3.8, 4) is 11.6 Å². The molecule has 0 bridgehead atoms. The lowest BCUT2D eigenvalue weighted by molar-refractivity contribution is -0.116. The van der Waals surface area contributed by atoms with Crippen LogP contribution in [0, 0.1) is 0 Å². The second-order valence-electron chi connectivity index (χ2n) is 11.3. The van der Waals surface area contributed by atoms with Crippen LogP contribution in [0.5, 0.6) is 11.6 Å². The van der Waals surface area contributed by atoms with Gasteiger partial charge in [-0.25, -0.2) is 14.8 Å². The van der Waals surface area contributed by atoms with E-state index in [0.29, 0.717) is 23.0 Å². The highest BCUT2D eigenvalue weighted by Crippen LogP contribution is 2.40. The van der Waals surface area contributed by atoms with Gasteiger partial charge in [-0.05, 0) is 68.7 Å². The van der Waals surface area contributed by atoms with E-state index in [9.17, 15) is 9.59 Å². The smallest absolute Gasteiger partial charge is 0.410 e. The fourth-order valence-corrected chi connectivity index (χ4v) is 5.09. The van der Waals surface area contributed by atoms with Crippen LogP contribution in [0.1, 0.15) is 50.9 Å². The third kappa shape index (κ3) is 8.66. The average Bonchev–Trinajstić information content (AvgIpc) is 3.37. The third-order valence-electron chi connectivity index (χ3n) is 6.96. The van der Waals surface area contributed by atoms with Crippen LogP contribution in [0.3, 0.4) is 0 Å². The van der Waals surface area contributed by atoms with Crippen molar-refractivity contribution in [2.75, 3.05) is 33.9 Å². The van der Waals surface area contributed by atoms with Gasteiger partial charge in [0.05, 0.1) is 24.4 Å². The first-order valence-corrected chi connectivity index (χ1v) is 15.4. The molecule has 10 nitrogen and oxygen atoms in total. The minimum atomic E-state index is -0.671. The summed E-state index contributed by atoms with van der Waals surface area (Å²) in [5.74, 6) is 0.872. The van der Waals surface area contributed by atoms with Crippen LogP contribution >= 0.6 is 11.6 Å². The molecule has 46 heavy (non-hydrogen) atoms. The maximum Gasteiger partial charge on any atom is 0.410 e. The molecule has 0 aliphatic heterocycles. The zero-order chi connectivity index (χ0) is 33.3. The Labute approximate surface area is 274 Å². The Morgan fingerprint density at radius 3 is 2.54 bits per heavy atom. The molecule has 0 aliphatic carbocycles. The van der Waals surface area contributed by atoms with E-state index >= 15 is 0 Å². The number of hydrogen-bond donors (Lipinski definition) is 2. The molecule has 0 fully saturated rings. The predicted molar refractivity (Wildman–Crippen MR) is 181 cm³/mol. The predicted octanol–water partition coefficient (Wildman–Crippen LogP) is 6.91. The molecule has 0 aliphatic rings. The first-order chi connectivity index (χ1) is 22.0. The van der Waals surface area contributed by atoms with Crippen molar-refractivity contribution in [3.05, 3.63) is 94.9 Å². The summed E-state index contributed by atoms with van der Waals surface area (Å²) in [6.45, 7) is 8.04. The summed E-state index contributed by atoms with van der Waals surface area (Å²) in [6.07, 6.45) is 6.63. The molecule has 4 rings (SSSR count). The van der Waals surface area contributed by atoms with Crippen LogP contribution < -0.4 is 14.8 Å². The molecule has 0 saturated carbocycles. The second-order valence-corrected chi connectivity index (χ2v) is 11.7. The number of hydrogen-bond acceptors (Lipinski definition) is 7. The topological polar surface area (TPSA) is 119 Å². The number of carbonyl (C=O) groups is 2. The third-order valence-corrected chi connectivity index (χ3v) is 7.35. The molecule has 2 N–H and O–H groups in total. The van der Waals surface area contributed by atoms with Crippen molar-refractivity contribution < 1.29 is 23.8 Å². The highest BCUT2D eigenvalue weighted by Gasteiger charge is 2.23. The fraction of sp³-hybridized carbons (Fsp3) is 0.314. The quantitative estimate of drug-likeness (QED) is 0.161. The fourth-order valence-electron chi connectivity index (χ4n) is 4.80. The Morgan fingerprint density at radius 2 is 1.89 bits per heavy atom. The van der Waals surface area contributed by atoms with Crippen LogP contribution in [0.4, 0.5) is 4.79 Å². The molecule has 0 spiro atoms. The number of H-pyrrole nitrogens is 1. The Hall–Kier alpha value is -4.83. The van der Waals surface area contributed by atoms with Crippen molar-refractivity contribution in [1.29, 1.82) is 0 Å². The number of amides is 2. The first-order valence-electron chi connectivity index (χ1n) is 15.0. The lowest BCUT2D eigenvalue weighted by Gasteiger charge is -2.26. The summed E-state index contributed by atoms with van der Waals surface area (Å²) in [5, 5.41) is 3.91. The van der Waals surface area contributed by atoms with Crippen molar-refractivity contribution in [3.63, 3.8) is 0 Å². The number of likely N-dealkylation sites (N-methyl/N-ethyl adjacent to an activating group) is 1. The maximum atomic E-state index is 12.8. The molecular formula is C35H40ClN5O5. The number of allylic oxidation sites excluding steroid dienone is 1. The number of aromatic nitrogens is 3. The zero-order valence-corrected chi connectivity index (χ0v) is 27.8. The Kier molecular flexibility index (Phi) is 11.4. The summed E-state index contributed by atoms with van der Waals surface area (Å²) < 4.78 is 17.0. The molecule has 1 aromatic carbocycles. The number of methoxy groups -OCH3 is 1. The molecule has 4 aromatic rings. The average molecular weight is 646 g/mol. The van der Waals surface area contributed by atoms with Crippen molar-refractivity contribution in [2.45, 2.75) is 39.7 Å². The standard InChI is InChI=1S/C35H40ClN5O5/c1-7-26(23-11-8-12-25(21-23)44-6)30(32-31(36)27-13-9-17-38-33(27)40-32)24-15-16-29(39-22-24)45-20-19-41(18-10-14-28(42)37-5)34(43)46-35(2,3)4/h8-17,21-22H,7,18-20H2,1-6H3,(H,37,42)(H,38,40)/b14-10+,30-26+. The second kappa shape index (κ2) is 15.4. The molecule has 0 radical (unpaired) electrons. The Bertz CT molecular complexity index is 1720. The van der Waals surface area contributed by atoms with Crippen molar-refractivity contribution in [2.24, 2.45) is 0 Å². The van der Waals surface area contributed by atoms with Crippen LogP contribution in [0.15, 0.2) is 73.1 Å². The van der Waals surface area contributed by atoms with Crippen LogP contribution in [-0.4, -0.2) is 71.3 Å². The van der Waals surface area contributed by atoms with Crippen molar-refractivity contribution in [1.82, 2.24) is 25.2 Å². The molecule has 3 heterocycles. The van der Waals surface area contributed by atoms with Gasteiger partial charge in [-0.2, -0.15) is 0 Å². The van der Waals surface area contributed by atoms with Gasteiger partial charge in [-0.15, -0.1) is 0 Å².